The van der Waals surface area contributed by atoms with E-state index in [0.717, 1.165) is 5.75 Å². The van der Waals surface area contributed by atoms with Crippen molar-refractivity contribution >= 4 is 11.6 Å². The van der Waals surface area contributed by atoms with Gasteiger partial charge >= 0.3 is 0 Å². The van der Waals surface area contributed by atoms with E-state index < -0.39 is 0 Å². The summed E-state index contributed by atoms with van der Waals surface area (Å²) in [6.45, 7) is 6.02. The molecule has 0 bridgehead atoms. The fraction of sp³-hybridized carbons (Fsp3) is 0.400. The van der Waals surface area contributed by atoms with Gasteiger partial charge in [0.2, 0.25) is 0 Å². The molecule has 0 unspecified atom stereocenters. The van der Waals surface area contributed by atoms with E-state index in [4.69, 9.17) is 16.3 Å². The lowest BCUT2D eigenvalue weighted by atomic mass is 10.2. The van der Waals surface area contributed by atoms with E-state index in [1.165, 1.54) is 0 Å². The zero-order chi connectivity index (χ0) is 9.19. The summed E-state index contributed by atoms with van der Waals surface area (Å²) < 4.78 is 5.60. The van der Waals surface area contributed by atoms with Gasteiger partial charge in [-0.05, 0) is 39.0 Å². The maximum Gasteiger partial charge on any atom is 0.121 e. The molecule has 0 heterocycles. The predicted octanol–water partition coefficient (Wildman–Crippen LogP) is 3.52. The van der Waals surface area contributed by atoms with E-state index in [9.17, 15) is 0 Å². The van der Waals surface area contributed by atoms with Gasteiger partial charge in [-0.1, -0.05) is 17.7 Å². The predicted molar refractivity (Wildman–Crippen MR) is 51.8 cm³/mol. The van der Waals surface area contributed by atoms with Crippen LogP contribution < -0.4 is 4.74 Å². The van der Waals surface area contributed by atoms with Gasteiger partial charge in [-0.25, -0.2) is 0 Å². The van der Waals surface area contributed by atoms with E-state index in [-0.39, 0.29) is 5.60 Å². The topological polar surface area (TPSA) is 9.23 Å². The highest BCUT2D eigenvalue weighted by molar-refractivity contribution is 6.30. The third-order valence-electron chi connectivity index (χ3n) is 1.22. The molecule has 0 atom stereocenters. The van der Waals surface area contributed by atoms with Crippen LogP contribution in [-0.2, 0) is 0 Å². The molecule has 0 amide bonds. The number of ether oxygens (including phenoxy) is 1. The fourth-order valence-corrected chi connectivity index (χ4v) is 1.06. The van der Waals surface area contributed by atoms with Crippen LogP contribution in [0, 0.1) is 0 Å². The molecule has 1 nitrogen and oxygen atoms in total. The van der Waals surface area contributed by atoms with Crippen molar-refractivity contribution < 1.29 is 4.74 Å². The van der Waals surface area contributed by atoms with Crippen LogP contribution in [0.25, 0.3) is 0 Å². The molecule has 12 heavy (non-hydrogen) atoms. The number of halogens is 1. The summed E-state index contributed by atoms with van der Waals surface area (Å²) in [5.74, 6) is 0.815. The normalized spacial score (nSPS) is 11.3. The Labute approximate surface area is 78.3 Å². The molecular weight excluding hydrogens is 172 g/mol. The first-order chi connectivity index (χ1) is 5.47. The van der Waals surface area contributed by atoms with Gasteiger partial charge in [-0.2, -0.15) is 0 Å². The Bertz CT molecular complexity index is 263. The minimum Gasteiger partial charge on any atom is -0.488 e. The minimum absolute atomic E-state index is 0.162. The number of benzene rings is 1. The van der Waals surface area contributed by atoms with Crippen molar-refractivity contribution in [3.05, 3.63) is 29.3 Å². The second kappa shape index (κ2) is 3.36. The quantitative estimate of drug-likeness (QED) is 0.649. The van der Waals surface area contributed by atoms with E-state index in [0.29, 0.717) is 5.02 Å². The molecule has 1 rings (SSSR count). The van der Waals surface area contributed by atoms with E-state index >= 15 is 0 Å². The third kappa shape index (κ3) is 3.14. The zero-order valence-corrected chi connectivity index (χ0v) is 8.35. The smallest absolute Gasteiger partial charge is 0.121 e. The molecule has 0 radical (unpaired) electrons. The Kier molecular flexibility index (Phi) is 2.63. The molecule has 0 saturated carbocycles. The summed E-state index contributed by atoms with van der Waals surface area (Å²) in [7, 11) is 0. The van der Waals surface area contributed by atoms with Gasteiger partial charge in [0.05, 0.1) is 0 Å². The molecule has 66 valence electrons. The Morgan fingerprint density at radius 2 is 1.92 bits per heavy atom. The minimum atomic E-state index is -0.162. The van der Waals surface area contributed by atoms with Crippen molar-refractivity contribution in [3.63, 3.8) is 0 Å². The molecular formula is C10H13ClO. The Hall–Kier alpha value is -0.690. The summed E-state index contributed by atoms with van der Waals surface area (Å²) in [5, 5.41) is 0.705. The molecule has 1 aromatic rings. The highest BCUT2D eigenvalue weighted by atomic mass is 35.5. The van der Waals surface area contributed by atoms with Gasteiger partial charge in [0.15, 0.2) is 0 Å². The molecule has 0 N–H and O–H groups in total. The van der Waals surface area contributed by atoms with Crippen molar-refractivity contribution in [2.45, 2.75) is 26.4 Å². The van der Waals surface area contributed by atoms with E-state index in [1.54, 1.807) is 0 Å². The SMILES string of the molecule is CC(C)(C)Oc1cccc(Cl)c1. The van der Waals surface area contributed by atoms with Gasteiger partial charge in [-0.3, -0.25) is 0 Å². The van der Waals surface area contributed by atoms with Gasteiger partial charge < -0.3 is 4.74 Å². The summed E-state index contributed by atoms with van der Waals surface area (Å²) in [4.78, 5) is 0. The average molecular weight is 185 g/mol. The highest BCUT2D eigenvalue weighted by Crippen LogP contribution is 2.21. The lowest BCUT2D eigenvalue weighted by Gasteiger charge is -2.21. The van der Waals surface area contributed by atoms with Gasteiger partial charge in [0, 0.05) is 5.02 Å². The monoisotopic (exact) mass is 184 g/mol. The Balaban J connectivity index is 2.77. The van der Waals surface area contributed by atoms with Crippen molar-refractivity contribution in [2.75, 3.05) is 0 Å². The van der Waals surface area contributed by atoms with E-state index in [2.05, 4.69) is 0 Å². The Morgan fingerprint density at radius 1 is 1.25 bits per heavy atom. The molecule has 0 aliphatic rings. The maximum absolute atomic E-state index is 5.79. The van der Waals surface area contributed by atoms with Crippen molar-refractivity contribution in [1.82, 2.24) is 0 Å². The molecule has 1 aromatic carbocycles. The van der Waals surface area contributed by atoms with Crippen molar-refractivity contribution in [3.8, 4) is 5.75 Å². The van der Waals surface area contributed by atoms with Gasteiger partial charge in [0.25, 0.3) is 0 Å². The first kappa shape index (κ1) is 9.40. The van der Waals surface area contributed by atoms with Crippen LogP contribution in [-0.4, -0.2) is 5.60 Å². The third-order valence-corrected chi connectivity index (χ3v) is 1.46. The van der Waals surface area contributed by atoms with Crippen LogP contribution in [0.4, 0.5) is 0 Å². The summed E-state index contributed by atoms with van der Waals surface area (Å²) >= 11 is 5.79. The van der Waals surface area contributed by atoms with Crippen molar-refractivity contribution in [2.24, 2.45) is 0 Å². The second-order valence-corrected chi connectivity index (χ2v) is 4.11. The van der Waals surface area contributed by atoms with Crippen LogP contribution >= 0.6 is 11.6 Å². The Morgan fingerprint density at radius 3 is 2.42 bits per heavy atom. The summed E-state index contributed by atoms with van der Waals surface area (Å²) in [6, 6.07) is 7.42. The lowest BCUT2D eigenvalue weighted by Crippen LogP contribution is -2.22. The van der Waals surface area contributed by atoms with Gasteiger partial charge in [-0.15, -0.1) is 0 Å². The maximum atomic E-state index is 5.79. The molecule has 0 fully saturated rings. The average Bonchev–Trinajstić information content (AvgIpc) is 1.82. The van der Waals surface area contributed by atoms with Crippen LogP contribution in [0.5, 0.6) is 5.75 Å². The van der Waals surface area contributed by atoms with Crippen molar-refractivity contribution in [1.29, 1.82) is 0 Å². The van der Waals surface area contributed by atoms with Crippen LogP contribution in [0.3, 0.4) is 0 Å². The van der Waals surface area contributed by atoms with Crippen LogP contribution in [0.15, 0.2) is 24.3 Å². The fourth-order valence-electron chi connectivity index (χ4n) is 0.884. The summed E-state index contributed by atoms with van der Waals surface area (Å²) in [5.41, 5.74) is -0.162. The first-order valence-corrected chi connectivity index (χ1v) is 4.30. The lowest BCUT2D eigenvalue weighted by molar-refractivity contribution is 0.131. The highest BCUT2D eigenvalue weighted by Gasteiger charge is 2.11. The van der Waals surface area contributed by atoms with Gasteiger partial charge in [0.1, 0.15) is 11.4 Å². The molecule has 0 spiro atoms. The largest absolute Gasteiger partial charge is 0.488 e. The molecule has 2 heteroatoms. The molecule has 0 aliphatic heterocycles. The van der Waals surface area contributed by atoms with E-state index in [1.807, 2.05) is 45.0 Å². The number of hydrogen-bond donors (Lipinski definition) is 0. The zero-order valence-electron chi connectivity index (χ0n) is 7.60. The molecule has 0 saturated heterocycles. The standard InChI is InChI=1S/C10H13ClO/c1-10(2,3)12-9-6-4-5-8(11)7-9/h4-7H,1-3H3. The molecule has 0 aliphatic carbocycles. The first-order valence-electron chi connectivity index (χ1n) is 3.92. The summed E-state index contributed by atoms with van der Waals surface area (Å²) in [6.07, 6.45) is 0. The van der Waals surface area contributed by atoms with Crippen LogP contribution in [0.1, 0.15) is 20.8 Å². The van der Waals surface area contributed by atoms with Crippen LogP contribution in [0.2, 0.25) is 5.02 Å². The molecule has 0 aromatic heterocycles. The number of hydrogen-bond acceptors (Lipinski definition) is 1. The number of rotatable bonds is 1. The second-order valence-electron chi connectivity index (χ2n) is 3.67.